The summed E-state index contributed by atoms with van der Waals surface area (Å²) in [7, 11) is 0. The van der Waals surface area contributed by atoms with Gasteiger partial charge in [-0.05, 0) is 18.2 Å². The van der Waals surface area contributed by atoms with Crippen LogP contribution >= 0.6 is 0 Å². The van der Waals surface area contributed by atoms with E-state index in [1.807, 2.05) is 24.3 Å². The Morgan fingerprint density at radius 2 is 1.94 bits per heavy atom. The summed E-state index contributed by atoms with van der Waals surface area (Å²) in [6.45, 7) is 0. The van der Waals surface area contributed by atoms with E-state index >= 15 is 0 Å². The van der Waals surface area contributed by atoms with Crippen LogP contribution in [0, 0.1) is 0 Å². The van der Waals surface area contributed by atoms with Gasteiger partial charge < -0.3 is 5.11 Å². The topological polar surface area (TPSA) is 63.1 Å². The maximum atomic E-state index is 10.9. The van der Waals surface area contributed by atoms with Crippen molar-refractivity contribution in [1.29, 1.82) is 0 Å². The minimum atomic E-state index is -1.02. The van der Waals surface area contributed by atoms with Gasteiger partial charge in [0.15, 0.2) is 0 Å². The van der Waals surface area contributed by atoms with Crippen molar-refractivity contribution in [3.8, 4) is 0 Å². The number of fused-ring (bicyclic) bond motifs is 3. The summed E-state index contributed by atoms with van der Waals surface area (Å²) in [5.41, 5.74) is 1.54. The molecule has 82 valence electrons. The van der Waals surface area contributed by atoms with Crippen LogP contribution in [0.15, 0.2) is 42.6 Å². The largest absolute Gasteiger partial charge is 0.477 e. The molecule has 2 heterocycles. The highest BCUT2D eigenvalue weighted by atomic mass is 16.4. The van der Waals surface area contributed by atoms with E-state index in [4.69, 9.17) is 5.11 Å². The van der Waals surface area contributed by atoms with Crippen LogP contribution in [0.2, 0.25) is 0 Å². The zero-order valence-corrected chi connectivity index (χ0v) is 8.79. The van der Waals surface area contributed by atoms with Gasteiger partial charge in [-0.2, -0.15) is 0 Å². The highest BCUT2D eigenvalue weighted by Gasteiger charge is 2.08. The van der Waals surface area contributed by atoms with Gasteiger partial charge in [-0.1, -0.05) is 18.2 Å². The van der Waals surface area contributed by atoms with Crippen molar-refractivity contribution >= 4 is 27.8 Å². The Kier molecular flexibility index (Phi) is 2.01. The summed E-state index contributed by atoms with van der Waals surface area (Å²) in [5, 5.41) is 10.6. The van der Waals surface area contributed by atoms with Crippen LogP contribution in [0.5, 0.6) is 0 Å². The molecule has 0 aliphatic heterocycles. The zero-order chi connectivity index (χ0) is 11.8. The second kappa shape index (κ2) is 3.52. The van der Waals surface area contributed by atoms with Gasteiger partial charge in [-0.15, -0.1) is 0 Å². The van der Waals surface area contributed by atoms with Crippen LogP contribution in [-0.2, 0) is 0 Å². The number of pyridine rings is 2. The molecule has 2 aromatic heterocycles. The first kappa shape index (κ1) is 9.72. The van der Waals surface area contributed by atoms with Crippen molar-refractivity contribution in [2.24, 2.45) is 0 Å². The van der Waals surface area contributed by atoms with Crippen molar-refractivity contribution < 1.29 is 9.90 Å². The normalized spacial score (nSPS) is 10.8. The Morgan fingerprint density at radius 3 is 2.76 bits per heavy atom. The molecule has 0 amide bonds. The minimum Gasteiger partial charge on any atom is -0.477 e. The molecule has 0 fully saturated rings. The Hall–Kier alpha value is -2.49. The molecule has 4 heteroatoms. The Balaban J connectivity index is 2.46. The van der Waals surface area contributed by atoms with Crippen LogP contribution in [0.3, 0.4) is 0 Å². The summed E-state index contributed by atoms with van der Waals surface area (Å²) < 4.78 is 0. The number of rotatable bonds is 1. The first-order valence-corrected chi connectivity index (χ1v) is 5.13. The summed E-state index contributed by atoms with van der Waals surface area (Å²) >= 11 is 0. The molecule has 0 aliphatic carbocycles. The van der Waals surface area contributed by atoms with Gasteiger partial charge in [0.2, 0.25) is 0 Å². The molecule has 0 bridgehead atoms. The van der Waals surface area contributed by atoms with Crippen molar-refractivity contribution in [3.05, 3.63) is 48.3 Å². The number of hydrogen-bond acceptors (Lipinski definition) is 3. The Labute approximate surface area is 96.6 Å². The number of benzene rings is 1. The average molecular weight is 224 g/mol. The maximum absolute atomic E-state index is 10.9. The fourth-order valence-corrected chi connectivity index (χ4v) is 1.83. The second-order valence-electron chi connectivity index (χ2n) is 3.71. The summed E-state index contributed by atoms with van der Waals surface area (Å²) in [6, 6.07) is 10.8. The highest BCUT2D eigenvalue weighted by Crippen LogP contribution is 2.21. The number of para-hydroxylation sites is 1. The van der Waals surface area contributed by atoms with E-state index in [2.05, 4.69) is 9.97 Å². The van der Waals surface area contributed by atoms with Gasteiger partial charge in [0.1, 0.15) is 5.69 Å². The fourth-order valence-electron chi connectivity index (χ4n) is 1.83. The monoisotopic (exact) mass is 224 g/mol. The van der Waals surface area contributed by atoms with E-state index in [1.54, 1.807) is 12.3 Å². The Morgan fingerprint density at radius 1 is 1.12 bits per heavy atom. The maximum Gasteiger partial charge on any atom is 0.354 e. The van der Waals surface area contributed by atoms with E-state index in [1.165, 1.54) is 6.07 Å². The van der Waals surface area contributed by atoms with Gasteiger partial charge in [0, 0.05) is 17.0 Å². The molecule has 17 heavy (non-hydrogen) atoms. The van der Waals surface area contributed by atoms with Crippen LogP contribution in [0.1, 0.15) is 10.5 Å². The number of nitrogens with zero attached hydrogens (tertiary/aromatic N) is 2. The molecule has 3 rings (SSSR count). The third-order valence-corrected chi connectivity index (χ3v) is 2.65. The van der Waals surface area contributed by atoms with Crippen molar-refractivity contribution in [3.63, 3.8) is 0 Å². The third kappa shape index (κ3) is 1.50. The van der Waals surface area contributed by atoms with Crippen molar-refractivity contribution in [1.82, 2.24) is 9.97 Å². The standard InChI is InChI=1S/C13H8N2O2/c16-13(17)11-6-5-8-7-14-10-4-2-1-3-9(10)12(8)15-11/h1-7H,(H,16,17). The van der Waals surface area contributed by atoms with Crippen LogP contribution in [0.25, 0.3) is 21.8 Å². The van der Waals surface area contributed by atoms with E-state index < -0.39 is 5.97 Å². The molecule has 0 atom stereocenters. The average Bonchev–Trinajstić information content (AvgIpc) is 2.38. The lowest BCUT2D eigenvalue weighted by atomic mass is 10.1. The Bertz CT molecular complexity index is 738. The molecule has 0 spiro atoms. The fraction of sp³-hybridized carbons (Fsp3) is 0. The van der Waals surface area contributed by atoms with Crippen LogP contribution < -0.4 is 0 Å². The quantitative estimate of drug-likeness (QED) is 0.645. The second-order valence-corrected chi connectivity index (χ2v) is 3.71. The van der Waals surface area contributed by atoms with E-state index in [9.17, 15) is 4.79 Å². The molecular weight excluding hydrogens is 216 g/mol. The third-order valence-electron chi connectivity index (χ3n) is 2.65. The number of aromatic carboxylic acids is 1. The molecule has 0 unspecified atom stereocenters. The molecule has 3 aromatic rings. The first-order valence-electron chi connectivity index (χ1n) is 5.13. The van der Waals surface area contributed by atoms with Gasteiger partial charge in [0.05, 0.1) is 11.0 Å². The van der Waals surface area contributed by atoms with Gasteiger partial charge >= 0.3 is 5.97 Å². The molecule has 0 saturated heterocycles. The van der Waals surface area contributed by atoms with Gasteiger partial charge in [-0.3, -0.25) is 4.98 Å². The number of carbonyl (C=O) groups is 1. The SMILES string of the molecule is O=C(O)c1ccc2cnc3ccccc3c2n1. The zero-order valence-electron chi connectivity index (χ0n) is 8.79. The predicted octanol–water partition coefficient (Wildman–Crippen LogP) is 2.48. The summed E-state index contributed by atoms with van der Waals surface area (Å²) in [4.78, 5) is 19.4. The van der Waals surface area contributed by atoms with Gasteiger partial charge in [-0.25, -0.2) is 9.78 Å². The molecule has 0 aliphatic rings. The van der Waals surface area contributed by atoms with Crippen molar-refractivity contribution in [2.75, 3.05) is 0 Å². The van der Waals surface area contributed by atoms with E-state index in [0.29, 0.717) is 5.52 Å². The number of carboxylic acids is 1. The van der Waals surface area contributed by atoms with Gasteiger partial charge in [0.25, 0.3) is 0 Å². The number of aromatic nitrogens is 2. The van der Waals surface area contributed by atoms with Crippen LogP contribution in [-0.4, -0.2) is 21.0 Å². The van der Waals surface area contributed by atoms with Crippen LogP contribution in [0.4, 0.5) is 0 Å². The molecule has 4 nitrogen and oxygen atoms in total. The van der Waals surface area contributed by atoms with Crippen molar-refractivity contribution in [2.45, 2.75) is 0 Å². The molecule has 0 saturated carbocycles. The molecule has 0 radical (unpaired) electrons. The molecular formula is C13H8N2O2. The molecule has 1 aromatic carbocycles. The highest BCUT2D eigenvalue weighted by molar-refractivity contribution is 6.04. The van der Waals surface area contributed by atoms with E-state index in [-0.39, 0.29) is 5.69 Å². The number of carboxylic acid groups (broad SMARTS) is 1. The lowest BCUT2D eigenvalue weighted by Crippen LogP contribution is -2.00. The van der Waals surface area contributed by atoms with E-state index in [0.717, 1.165) is 16.3 Å². The first-order chi connectivity index (χ1) is 8.25. The lowest BCUT2D eigenvalue weighted by Gasteiger charge is -2.02. The molecule has 1 N–H and O–H groups in total. The minimum absolute atomic E-state index is 0.0499. The lowest BCUT2D eigenvalue weighted by molar-refractivity contribution is 0.0691. The predicted molar refractivity (Wildman–Crippen MR) is 64.0 cm³/mol. The summed E-state index contributed by atoms with van der Waals surface area (Å²) in [5.74, 6) is -1.02. The summed E-state index contributed by atoms with van der Waals surface area (Å²) in [6.07, 6.45) is 1.70. The number of hydrogen-bond donors (Lipinski definition) is 1. The smallest absolute Gasteiger partial charge is 0.354 e.